The van der Waals surface area contributed by atoms with Gasteiger partial charge in [0.05, 0.1) is 5.92 Å². The third kappa shape index (κ3) is 2.87. The molecule has 3 aliphatic rings. The summed E-state index contributed by atoms with van der Waals surface area (Å²) in [6.07, 6.45) is 3.97. The molecule has 0 heterocycles. The van der Waals surface area contributed by atoms with Gasteiger partial charge in [-0.2, -0.15) is 0 Å². The van der Waals surface area contributed by atoms with Gasteiger partial charge in [0.1, 0.15) is 0 Å². The lowest BCUT2D eigenvalue weighted by Gasteiger charge is -2.26. The van der Waals surface area contributed by atoms with E-state index >= 15 is 0 Å². The second-order valence-corrected chi connectivity index (χ2v) is 7.50. The van der Waals surface area contributed by atoms with E-state index in [0.29, 0.717) is 30.6 Å². The van der Waals surface area contributed by atoms with Crippen molar-refractivity contribution in [3.05, 3.63) is 35.4 Å². The molecular formula is C19H24N2O3. The van der Waals surface area contributed by atoms with Crippen LogP contribution in [0.15, 0.2) is 24.3 Å². The maximum Gasteiger partial charge on any atom is 0.315 e. The zero-order valence-corrected chi connectivity index (χ0v) is 13.7. The van der Waals surface area contributed by atoms with E-state index in [9.17, 15) is 9.59 Å². The third-order valence-electron chi connectivity index (χ3n) is 6.11. The highest BCUT2D eigenvalue weighted by molar-refractivity contribution is 5.74. The summed E-state index contributed by atoms with van der Waals surface area (Å²) < 4.78 is 0. The van der Waals surface area contributed by atoms with Crippen molar-refractivity contribution in [3.8, 4) is 0 Å². The number of carboxylic acid groups (broad SMARTS) is 1. The van der Waals surface area contributed by atoms with Gasteiger partial charge in [0.2, 0.25) is 0 Å². The Morgan fingerprint density at radius 1 is 1.12 bits per heavy atom. The van der Waals surface area contributed by atoms with E-state index in [1.807, 2.05) is 0 Å². The van der Waals surface area contributed by atoms with Crippen LogP contribution >= 0.6 is 0 Å². The van der Waals surface area contributed by atoms with Crippen LogP contribution in [0.3, 0.4) is 0 Å². The van der Waals surface area contributed by atoms with Gasteiger partial charge in [-0.1, -0.05) is 24.3 Å². The lowest BCUT2D eigenvalue weighted by atomic mass is 9.86. The van der Waals surface area contributed by atoms with Gasteiger partial charge < -0.3 is 15.7 Å². The summed E-state index contributed by atoms with van der Waals surface area (Å²) in [5.74, 6) is 0.963. The summed E-state index contributed by atoms with van der Waals surface area (Å²) in [4.78, 5) is 23.0. The Labute approximate surface area is 141 Å². The van der Waals surface area contributed by atoms with E-state index in [-0.39, 0.29) is 18.0 Å². The molecule has 0 bridgehead atoms. The van der Waals surface area contributed by atoms with Crippen LogP contribution in [0.4, 0.5) is 4.79 Å². The minimum absolute atomic E-state index is 0.105. The zero-order valence-electron chi connectivity index (χ0n) is 13.7. The molecule has 1 aromatic rings. The van der Waals surface area contributed by atoms with Gasteiger partial charge in [-0.15, -0.1) is 0 Å². The number of carbonyl (C=O) groups is 2. The standard InChI is InChI=1S/C19H24N2O3/c22-18(23)11-5-7-13(8-6-11)21-19(24)20-10-16-15-9-12-3-1-2-4-14(12)17(15)16/h1-4,11,13,15-17H,5-10H2,(H,22,23)(H2,20,21,24). The fourth-order valence-corrected chi connectivity index (χ4v) is 4.69. The van der Waals surface area contributed by atoms with Crippen LogP contribution in [0.1, 0.15) is 42.7 Å². The normalized spacial score (nSPS) is 33.2. The number of nitrogens with one attached hydrogen (secondary N) is 2. The summed E-state index contributed by atoms with van der Waals surface area (Å²) in [5.41, 5.74) is 2.95. The van der Waals surface area contributed by atoms with Crippen molar-refractivity contribution in [3.63, 3.8) is 0 Å². The van der Waals surface area contributed by atoms with E-state index in [1.165, 1.54) is 11.1 Å². The highest BCUT2D eigenvalue weighted by atomic mass is 16.4. The highest BCUT2D eigenvalue weighted by Crippen LogP contribution is 2.60. The van der Waals surface area contributed by atoms with Gasteiger partial charge in [-0.25, -0.2) is 4.79 Å². The molecule has 2 fully saturated rings. The molecule has 2 amide bonds. The first-order valence-electron chi connectivity index (χ1n) is 8.98. The zero-order chi connectivity index (χ0) is 16.7. The third-order valence-corrected chi connectivity index (χ3v) is 6.11. The summed E-state index contributed by atoms with van der Waals surface area (Å²) in [5, 5.41) is 15.0. The van der Waals surface area contributed by atoms with Crippen LogP contribution in [-0.4, -0.2) is 29.7 Å². The van der Waals surface area contributed by atoms with Crippen molar-refractivity contribution in [2.24, 2.45) is 17.8 Å². The van der Waals surface area contributed by atoms with Crippen LogP contribution in [-0.2, 0) is 11.2 Å². The number of aliphatic carboxylic acids is 1. The van der Waals surface area contributed by atoms with Gasteiger partial charge in [0.15, 0.2) is 0 Å². The number of rotatable bonds is 4. The summed E-state index contributed by atoms with van der Waals surface area (Å²) in [6.45, 7) is 0.736. The largest absolute Gasteiger partial charge is 0.481 e. The van der Waals surface area contributed by atoms with Crippen molar-refractivity contribution < 1.29 is 14.7 Å². The van der Waals surface area contributed by atoms with Gasteiger partial charge in [0.25, 0.3) is 0 Å². The predicted molar refractivity (Wildman–Crippen MR) is 89.8 cm³/mol. The average molecular weight is 328 g/mol. The first kappa shape index (κ1) is 15.5. The molecule has 5 heteroatoms. The second kappa shape index (κ2) is 6.11. The molecule has 0 radical (unpaired) electrons. The van der Waals surface area contributed by atoms with Gasteiger partial charge in [-0.05, 0) is 61.0 Å². The Balaban J connectivity index is 1.20. The SMILES string of the molecule is O=C(NCC1C2Cc3ccccc3C12)NC1CCC(C(=O)O)CC1. The lowest BCUT2D eigenvalue weighted by Crippen LogP contribution is -2.44. The Kier molecular flexibility index (Phi) is 3.94. The van der Waals surface area contributed by atoms with E-state index in [2.05, 4.69) is 34.9 Å². The topological polar surface area (TPSA) is 78.4 Å². The molecule has 4 rings (SSSR count). The van der Waals surface area contributed by atoms with Gasteiger partial charge in [0, 0.05) is 12.6 Å². The van der Waals surface area contributed by atoms with E-state index < -0.39 is 5.97 Å². The molecule has 2 saturated carbocycles. The Hall–Kier alpha value is -2.04. The number of hydrogen-bond acceptors (Lipinski definition) is 2. The molecule has 1 aromatic carbocycles. The molecule has 3 aliphatic carbocycles. The van der Waals surface area contributed by atoms with Gasteiger partial charge in [-0.3, -0.25) is 4.79 Å². The first-order valence-corrected chi connectivity index (χ1v) is 8.98. The number of carbonyl (C=O) groups excluding carboxylic acids is 1. The van der Waals surface area contributed by atoms with Crippen molar-refractivity contribution in [1.82, 2.24) is 10.6 Å². The second-order valence-electron chi connectivity index (χ2n) is 7.50. The molecule has 5 nitrogen and oxygen atoms in total. The lowest BCUT2D eigenvalue weighted by molar-refractivity contribution is -0.142. The Bertz CT molecular complexity index is 652. The summed E-state index contributed by atoms with van der Waals surface area (Å²) in [6, 6.07) is 8.65. The van der Waals surface area contributed by atoms with E-state index in [1.54, 1.807) is 0 Å². The number of fused-ring (bicyclic) bond motifs is 3. The number of hydrogen-bond donors (Lipinski definition) is 3. The number of carboxylic acids is 1. The smallest absolute Gasteiger partial charge is 0.315 e. The molecule has 3 atom stereocenters. The number of benzene rings is 1. The Morgan fingerprint density at radius 2 is 1.88 bits per heavy atom. The summed E-state index contributed by atoms with van der Waals surface area (Å²) >= 11 is 0. The molecular weight excluding hydrogens is 304 g/mol. The highest BCUT2D eigenvalue weighted by Gasteiger charge is 2.55. The summed E-state index contributed by atoms with van der Waals surface area (Å²) in [7, 11) is 0. The minimum Gasteiger partial charge on any atom is -0.481 e. The average Bonchev–Trinajstić information content (AvgIpc) is 3.12. The van der Waals surface area contributed by atoms with E-state index in [0.717, 1.165) is 25.8 Å². The monoisotopic (exact) mass is 328 g/mol. The quantitative estimate of drug-likeness (QED) is 0.795. The minimum atomic E-state index is -0.710. The fourth-order valence-electron chi connectivity index (χ4n) is 4.69. The van der Waals surface area contributed by atoms with Crippen LogP contribution in [0, 0.1) is 17.8 Å². The Morgan fingerprint density at radius 3 is 2.62 bits per heavy atom. The number of urea groups is 1. The fraction of sp³-hybridized carbons (Fsp3) is 0.579. The van der Waals surface area contributed by atoms with Gasteiger partial charge >= 0.3 is 12.0 Å². The van der Waals surface area contributed by atoms with Crippen LogP contribution in [0.2, 0.25) is 0 Å². The molecule has 0 aliphatic heterocycles. The maximum atomic E-state index is 12.1. The van der Waals surface area contributed by atoms with E-state index in [4.69, 9.17) is 5.11 Å². The molecule has 0 spiro atoms. The van der Waals surface area contributed by atoms with Crippen molar-refractivity contribution >= 4 is 12.0 Å². The van der Waals surface area contributed by atoms with Crippen molar-refractivity contribution in [2.45, 2.75) is 44.1 Å². The van der Waals surface area contributed by atoms with Crippen LogP contribution < -0.4 is 10.6 Å². The maximum absolute atomic E-state index is 12.1. The molecule has 3 N–H and O–H groups in total. The number of amides is 2. The van der Waals surface area contributed by atoms with Crippen molar-refractivity contribution in [2.75, 3.05) is 6.54 Å². The van der Waals surface area contributed by atoms with Crippen molar-refractivity contribution in [1.29, 1.82) is 0 Å². The molecule has 128 valence electrons. The molecule has 3 unspecified atom stereocenters. The molecule has 0 saturated heterocycles. The molecule has 0 aromatic heterocycles. The first-order chi connectivity index (χ1) is 11.6. The van der Waals surface area contributed by atoms with Crippen LogP contribution in [0.5, 0.6) is 0 Å². The van der Waals surface area contributed by atoms with Crippen LogP contribution in [0.25, 0.3) is 0 Å². The molecule has 24 heavy (non-hydrogen) atoms. The predicted octanol–water partition coefficient (Wildman–Crippen LogP) is 2.51.